The molecule has 2 aliphatic heterocycles. The molecule has 1 atom stereocenters. The number of aromatic nitrogens is 2. The standard InChI is InChI=1S/C14H21N3O2/c18-10-14-4-6-17-13(3-5-15-17)9-16(14)8-12-2-1-7-19-11-12/h2-3,5,14,18H,1,4,6-11H2. The summed E-state index contributed by atoms with van der Waals surface area (Å²) in [6, 6.07) is 2.28. The van der Waals surface area contributed by atoms with Crippen LogP contribution in [0.2, 0.25) is 0 Å². The molecule has 0 amide bonds. The number of aliphatic hydroxyl groups excluding tert-OH is 1. The van der Waals surface area contributed by atoms with Crippen molar-refractivity contribution < 1.29 is 9.84 Å². The Morgan fingerprint density at radius 2 is 2.42 bits per heavy atom. The van der Waals surface area contributed by atoms with Crippen molar-refractivity contribution in [3.8, 4) is 0 Å². The van der Waals surface area contributed by atoms with Crippen molar-refractivity contribution >= 4 is 0 Å². The van der Waals surface area contributed by atoms with Crippen LogP contribution in [0.3, 0.4) is 0 Å². The lowest BCUT2D eigenvalue weighted by atomic mass is 10.1. The Balaban J connectivity index is 1.74. The fraction of sp³-hybridized carbons (Fsp3) is 0.643. The van der Waals surface area contributed by atoms with Crippen molar-refractivity contribution in [2.24, 2.45) is 0 Å². The number of aliphatic hydroxyl groups is 1. The lowest BCUT2D eigenvalue weighted by molar-refractivity contribution is 0.106. The van der Waals surface area contributed by atoms with E-state index in [4.69, 9.17) is 4.74 Å². The van der Waals surface area contributed by atoms with E-state index in [-0.39, 0.29) is 12.6 Å². The van der Waals surface area contributed by atoms with Crippen molar-refractivity contribution in [2.45, 2.75) is 32.0 Å². The molecule has 5 heteroatoms. The van der Waals surface area contributed by atoms with Gasteiger partial charge in [-0.2, -0.15) is 5.10 Å². The third kappa shape index (κ3) is 2.88. The molecule has 19 heavy (non-hydrogen) atoms. The van der Waals surface area contributed by atoms with Crippen molar-refractivity contribution in [2.75, 3.05) is 26.4 Å². The maximum atomic E-state index is 9.61. The Bertz CT molecular complexity index is 455. The Kier molecular flexibility index (Phi) is 3.96. The van der Waals surface area contributed by atoms with E-state index in [0.717, 1.165) is 45.7 Å². The van der Waals surface area contributed by atoms with Crippen LogP contribution in [0, 0.1) is 0 Å². The van der Waals surface area contributed by atoms with Gasteiger partial charge >= 0.3 is 0 Å². The number of hydrogen-bond acceptors (Lipinski definition) is 4. The summed E-state index contributed by atoms with van der Waals surface area (Å²) in [5, 5.41) is 13.9. The van der Waals surface area contributed by atoms with E-state index >= 15 is 0 Å². The molecule has 0 saturated heterocycles. The Labute approximate surface area is 113 Å². The van der Waals surface area contributed by atoms with Gasteiger partial charge in [-0.25, -0.2) is 0 Å². The third-order valence-electron chi connectivity index (χ3n) is 3.96. The van der Waals surface area contributed by atoms with Gasteiger partial charge in [0.1, 0.15) is 0 Å². The molecule has 3 heterocycles. The minimum Gasteiger partial charge on any atom is -0.395 e. The molecule has 1 unspecified atom stereocenters. The molecule has 0 radical (unpaired) electrons. The van der Waals surface area contributed by atoms with Crippen LogP contribution in [0.4, 0.5) is 0 Å². The van der Waals surface area contributed by atoms with Gasteiger partial charge in [-0.3, -0.25) is 9.58 Å². The van der Waals surface area contributed by atoms with Crippen LogP contribution in [0.1, 0.15) is 18.5 Å². The highest BCUT2D eigenvalue weighted by atomic mass is 16.5. The van der Waals surface area contributed by atoms with E-state index < -0.39 is 0 Å². The predicted molar refractivity (Wildman–Crippen MR) is 71.6 cm³/mol. The van der Waals surface area contributed by atoms with Crippen molar-refractivity contribution in [1.82, 2.24) is 14.7 Å². The number of aryl methyl sites for hydroxylation is 1. The first-order chi connectivity index (χ1) is 9.36. The Morgan fingerprint density at radius 3 is 3.21 bits per heavy atom. The molecule has 5 nitrogen and oxygen atoms in total. The summed E-state index contributed by atoms with van der Waals surface area (Å²) in [6.07, 6.45) is 6.08. The maximum absolute atomic E-state index is 9.61. The van der Waals surface area contributed by atoms with Gasteiger partial charge in [0, 0.05) is 31.9 Å². The van der Waals surface area contributed by atoms with Crippen molar-refractivity contribution in [1.29, 1.82) is 0 Å². The van der Waals surface area contributed by atoms with Gasteiger partial charge in [-0.1, -0.05) is 6.08 Å². The molecule has 104 valence electrons. The second kappa shape index (κ2) is 5.86. The molecule has 0 aliphatic carbocycles. The minimum absolute atomic E-state index is 0.207. The normalized spacial score (nSPS) is 24.7. The SMILES string of the molecule is OCC1CCn2nccc2CN1CC1=CCCOC1. The third-order valence-corrected chi connectivity index (χ3v) is 3.96. The largest absolute Gasteiger partial charge is 0.395 e. The highest BCUT2D eigenvalue weighted by Gasteiger charge is 2.24. The molecular weight excluding hydrogens is 242 g/mol. The molecule has 0 fully saturated rings. The van der Waals surface area contributed by atoms with Gasteiger partial charge in [0.15, 0.2) is 0 Å². The predicted octanol–water partition coefficient (Wildman–Crippen LogP) is 0.796. The number of hydrogen-bond donors (Lipinski definition) is 1. The number of rotatable bonds is 3. The van der Waals surface area contributed by atoms with Crippen LogP contribution >= 0.6 is 0 Å². The second-order valence-corrected chi connectivity index (χ2v) is 5.28. The van der Waals surface area contributed by atoms with Crippen LogP contribution in [0.25, 0.3) is 0 Å². The van der Waals surface area contributed by atoms with E-state index in [1.807, 2.05) is 6.20 Å². The molecule has 0 aromatic carbocycles. The van der Waals surface area contributed by atoms with Crippen LogP contribution in [-0.4, -0.2) is 52.2 Å². The molecule has 3 rings (SSSR count). The molecule has 1 N–H and O–H groups in total. The summed E-state index contributed by atoms with van der Waals surface area (Å²) in [4.78, 5) is 2.35. The van der Waals surface area contributed by atoms with Gasteiger partial charge in [0.2, 0.25) is 0 Å². The number of fused-ring (bicyclic) bond motifs is 1. The van der Waals surface area contributed by atoms with E-state index in [9.17, 15) is 5.11 Å². The van der Waals surface area contributed by atoms with E-state index in [1.165, 1.54) is 11.3 Å². The smallest absolute Gasteiger partial charge is 0.0689 e. The average Bonchev–Trinajstić information content (AvgIpc) is 2.81. The summed E-state index contributed by atoms with van der Waals surface area (Å²) < 4.78 is 7.55. The average molecular weight is 263 g/mol. The summed E-state index contributed by atoms with van der Waals surface area (Å²) in [5.74, 6) is 0. The van der Waals surface area contributed by atoms with Crippen LogP contribution < -0.4 is 0 Å². The van der Waals surface area contributed by atoms with Crippen molar-refractivity contribution in [3.63, 3.8) is 0 Å². The summed E-state index contributed by atoms with van der Waals surface area (Å²) in [7, 11) is 0. The van der Waals surface area contributed by atoms with Gasteiger partial charge in [0.05, 0.1) is 25.5 Å². The Hall–Kier alpha value is -1.17. The number of ether oxygens (including phenoxy) is 1. The lowest BCUT2D eigenvalue weighted by Crippen LogP contribution is -2.38. The fourth-order valence-electron chi connectivity index (χ4n) is 2.86. The van der Waals surface area contributed by atoms with Gasteiger partial charge in [0.25, 0.3) is 0 Å². The topological polar surface area (TPSA) is 50.5 Å². The Morgan fingerprint density at radius 1 is 1.47 bits per heavy atom. The maximum Gasteiger partial charge on any atom is 0.0689 e. The van der Waals surface area contributed by atoms with Crippen LogP contribution in [0.5, 0.6) is 0 Å². The number of nitrogens with zero attached hydrogens (tertiary/aromatic N) is 3. The molecule has 0 spiro atoms. The quantitative estimate of drug-likeness (QED) is 0.819. The van der Waals surface area contributed by atoms with Crippen molar-refractivity contribution in [3.05, 3.63) is 29.6 Å². The zero-order chi connectivity index (χ0) is 13.1. The van der Waals surface area contributed by atoms with Gasteiger partial charge in [-0.05, 0) is 24.5 Å². The molecule has 2 aliphatic rings. The van der Waals surface area contributed by atoms with E-state index in [2.05, 4.69) is 26.8 Å². The summed E-state index contributed by atoms with van der Waals surface area (Å²) in [5.41, 5.74) is 2.56. The first-order valence-corrected chi connectivity index (χ1v) is 6.98. The molecular formula is C14H21N3O2. The summed E-state index contributed by atoms with van der Waals surface area (Å²) in [6.45, 7) is 4.39. The van der Waals surface area contributed by atoms with E-state index in [1.54, 1.807) is 0 Å². The molecule has 0 bridgehead atoms. The molecule has 0 saturated carbocycles. The second-order valence-electron chi connectivity index (χ2n) is 5.28. The highest BCUT2D eigenvalue weighted by Crippen LogP contribution is 2.19. The van der Waals surface area contributed by atoms with Gasteiger partial charge < -0.3 is 9.84 Å². The monoisotopic (exact) mass is 263 g/mol. The van der Waals surface area contributed by atoms with Gasteiger partial charge in [-0.15, -0.1) is 0 Å². The van der Waals surface area contributed by atoms with Crippen LogP contribution in [0.15, 0.2) is 23.9 Å². The molecule has 1 aromatic heterocycles. The zero-order valence-corrected chi connectivity index (χ0v) is 11.2. The van der Waals surface area contributed by atoms with E-state index in [0.29, 0.717) is 0 Å². The zero-order valence-electron chi connectivity index (χ0n) is 11.2. The minimum atomic E-state index is 0.207. The first kappa shape index (κ1) is 12.8. The first-order valence-electron chi connectivity index (χ1n) is 6.98. The summed E-state index contributed by atoms with van der Waals surface area (Å²) >= 11 is 0. The highest BCUT2D eigenvalue weighted by molar-refractivity contribution is 5.10. The fourth-order valence-corrected chi connectivity index (χ4v) is 2.86. The van der Waals surface area contributed by atoms with Crippen LogP contribution in [-0.2, 0) is 17.8 Å². The molecule has 1 aromatic rings. The lowest BCUT2D eigenvalue weighted by Gasteiger charge is -2.29.